The third kappa shape index (κ3) is 2.44. The van der Waals surface area contributed by atoms with Gasteiger partial charge >= 0.3 is 0 Å². The van der Waals surface area contributed by atoms with Crippen molar-refractivity contribution in [1.29, 1.82) is 0 Å². The first kappa shape index (κ1) is 11.0. The largest absolute Gasteiger partial charge is 0.490 e. The molecule has 2 aliphatic rings. The number of ether oxygens (including phenoxy) is 1. The van der Waals surface area contributed by atoms with Crippen molar-refractivity contribution in [3.63, 3.8) is 0 Å². The van der Waals surface area contributed by atoms with Crippen molar-refractivity contribution < 1.29 is 14.2 Å². The van der Waals surface area contributed by atoms with E-state index in [4.69, 9.17) is 4.74 Å². The molecule has 0 radical (unpaired) electrons. The summed E-state index contributed by atoms with van der Waals surface area (Å²) < 4.78 is 18.8. The number of aliphatic hydroxyl groups is 1. The molecule has 1 saturated carbocycles. The van der Waals surface area contributed by atoms with Crippen LogP contribution in [0.15, 0.2) is 18.2 Å². The highest BCUT2D eigenvalue weighted by molar-refractivity contribution is 5.37. The molecule has 1 aliphatic heterocycles. The van der Waals surface area contributed by atoms with Gasteiger partial charge in [-0.05, 0) is 49.8 Å². The summed E-state index contributed by atoms with van der Waals surface area (Å²) >= 11 is 0. The van der Waals surface area contributed by atoms with Crippen molar-refractivity contribution in [2.45, 2.75) is 44.3 Å². The van der Waals surface area contributed by atoms with Crippen LogP contribution in [0.5, 0.6) is 5.75 Å². The summed E-state index contributed by atoms with van der Waals surface area (Å²) in [5.41, 5.74) is 0.955. The van der Waals surface area contributed by atoms with Crippen LogP contribution in [0, 0.1) is 11.7 Å². The Hall–Kier alpha value is -1.09. The highest BCUT2D eigenvalue weighted by Gasteiger charge is 2.31. The highest BCUT2D eigenvalue weighted by Crippen LogP contribution is 2.36. The molecule has 0 aromatic heterocycles. The maximum absolute atomic E-state index is 13.0. The lowest BCUT2D eigenvalue weighted by atomic mass is 10.0. The summed E-state index contributed by atoms with van der Waals surface area (Å²) in [6.45, 7) is 0. The van der Waals surface area contributed by atoms with Crippen molar-refractivity contribution in [2.24, 2.45) is 5.92 Å². The average molecular weight is 236 g/mol. The molecule has 1 N–H and O–H groups in total. The molecule has 1 aromatic carbocycles. The summed E-state index contributed by atoms with van der Waals surface area (Å²) in [6, 6.07) is 4.68. The second kappa shape index (κ2) is 4.30. The fraction of sp³-hybridized carbons (Fsp3) is 0.571. The Bertz CT molecular complexity index is 415. The molecule has 0 spiro atoms. The lowest BCUT2D eigenvalue weighted by Gasteiger charge is -2.13. The molecule has 17 heavy (non-hydrogen) atoms. The van der Waals surface area contributed by atoms with Crippen molar-refractivity contribution in [3.8, 4) is 5.75 Å². The van der Waals surface area contributed by atoms with Gasteiger partial charge in [-0.15, -0.1) is 0 Å². The first-order chi connectivity index (χ1) is 8.22. The molecule has 92 valence electrons. The Morgan fingerprint density at radius 1 is 1.41 bits per heavy atom. The van der Waals surface area contributed by atoms with E-state index in [9.17, 15) is 9.50 Å². The van der Waals surface area contributed by atoms with Gasteiger partial charge in [-0.25, -0.2) is 4.39 Å². The second-order valence-corrected chi connectivity index (χ2v) is 5.18. The van der Waals surface area contributed by atoms with Crippen molar-refractivity contribution in [3.05, 3.63) is 29.6 Å². The zero-order chi connectivity index (χ0) is 11.8. The molecule has 2 unspecified atom stereocenters. The Morgan fingerprint density at radius 2 is 2.24 bits per heavy atom. The van der Waals surface area contributed by atoms with Gasteiger partial charge in [0, 0.05) is 12.0 Å². The minimum Gasteiger partial charge on any atom is -0.490 e. The third-order valence-corrected chi connectivity index (χ3v) is 3.71. The second-order valence-electron chi connectivity index (χ2n) is 5.18. The van der Waals surface area contributed by atoms with Crippen LogP contribution in [0.3, 0.4) is 0 Å². The predicted octanol–water partition coefficient (Wildman–Crippen LogP) is 2.68. The van der Waals surface area contributed by atoms with Crippen LogP contribution in [0.4, 0.5) is 4.39 Å². The van der Waals surface area contributed by atoms with Gasteiger partial charge in [0.15, 0.2) is 0 Å². The number of benzene rings is 1. The molecular weight excluding hydrogens is 219 g/mol. The summed E-state index contributed by atoms with van der Waals surface area (Å²) in [5.74, 6) is 1.12. The van der Waals surface area contributed by atoms with E-state index in [1.54, 1.807) is 12.1 Å². The van der Waals surface area contributed by atoms with Crippen LogP contribution in [0.2, 0.25) is 0 Å². The lowest BCUT2D eigenvalue weighted by Crippen LogP contribution is -2.18. The lowest BCUT2D eigenvalue weighted by molar-refractivity contribution is 0.117. The standard InChI is InChI=1S/C14H17FO2/c15-11-3-6-14-10(7-11)8-12(17-14)4-5-13(16)9-1-2-9/h3,6-7,9,12-13,16H,1-2,4-5,8H2. The van der Waals surface area contributed by atoms with Gasteiger partial charge in [0.1, 0.15) is 17.7 Å². The molecule has 0 amide bonds. The number of rotatable bonds is 4. The SMILES string of the molecule is OC(CCC1Cc2cc(F)ccc2O1)C1CC1. The van der Waals surface area contributed by atoms with E-state index in [0.717, 1.165) is 43.4 Å². The van der Waals surface area contributed by atoms with Gasteiger partial charge in [0.25, 0.3) is 0 Å². The van der Waals surface area contributed by atoms with Crippen molar-refractivity contribution in [1.82, 2.24) is 0 Å². The van der Waals surface area contributed by atoms with Crippen LogP contribution in [-0.4, -0.2) is 17.3 Å². The zero-order valence-electron chi connectivity index (χ0n) is 9.73. The van der Waals surface area contributed by atoms with Crippen LogP contribution in [-0.2, 0) is 6.42 Å². The molecule has 2 atom stereocenters. The highest BCUT2D eigenvalue weighted by atomic mass is 19.1. The average Bonchev–Trinajstić information content (AvgIpc) is 3.07. The van der Waals surface area contributed by atoms with Gasteiger partial charge in [0.2, 0.25) is 0 Å². The molecule has 1 fully saturated rings. The number of aliphatic hydroxyl groups excluding tert-OH is 1. The number of hydrogen-bond acceptors (Lipinski definition) is 2. The van der Waals surface area contributed by atoms with Gasteiger partial charge in [0.05, 0.1) is 6.10 Å². The fourth-order valence-corrected chi connectivity index (χ4v) is 2.52. The molecule has 0 saturated heterocycles. The quantitative estimate of drug-likeness (QED) is 0.871. The van der Waals surface area contributed by atoms with Crippen LogP contribution >= 0.6 is 0 Å². The molecule has 2 nitrogen and oxygen atoms in total. The number of halogens is 1. The topological polar surface area (TPSA) is 29.5 Å². The smallest absolute Gasteiger partial charge is 0.123 e. The van der Waals surface area contributed by atoms with Gasteiger partial charge in [-0.1, -0.05) is 0 Å². The molecule has 0 bridgehead atoms. The number of fused-ring (bicyclic) bond motifs is 1. The minimum absolute atomic E-state index is 0.111. The van der Waals surface area contributed by atoms with E-state index in [2.05, 4.69) is 0 Å². The summed E-state index contributed by atoms with van der Waals surface area (Å²) in [4.78, 5) is 0. The fourth-order valence-electron chi connectivity index (χ4n) is 2.52. The molecule has 1 aliphatic carbocycles. The first-order valence-corrected chi connectivity index (χ1v) is 6.35. The van der Waals surface area contributed by atoms with Gasteiger partial charge in [-0.2, -0.15) is 0 Å². The van der Waals surface area contributed by atoms with Crippen LogP contribution < -0.4 is 4.74 Å². The van der Waals surface area contributed by atoms with E-state index >= 15 is 0 Å². The maximum Gasteiger partial charge on any atom is 0.123 e. The summed E-state index contributed by atoms with van der Waals surface area (Å²) in [6.07, 6.45) is 4.69. The Morgan fingerprint density at radius 3 is 3.00 bits per heavy atom. The summed E-state index contributed by atoms with van der Waals surface area (Å²) in [5, 5.41) is 9.79. The summed E-state index contributed by atoms with van der Waals surface area (Å²) in [7, 11) is 0. The van der Waals surface area contributed by atoms with E-state index in [-0.39, 0.29) is 18.0 Å². The molecule has 1 heterocycles. The van der Waals surface area contributed by atoms with Gasteiger partial charge in [-0.3, -0.25) is 0 Å². The predicted molar refractivity (Wildman–Crippen MR) is 62.5 cm³/mol. The third-order valence-electron chi connectivity index (χ3n) is 3.71. The van der Waals surface area contributed by atoms with E-state index in [1.807, 2.05) is 0 Å². The van der Waals surface area contributed by atoms with E-state index in [0.29, 0.717) is 5.92 Å². The van der Waals surface area contributed by atoms with Gasteiger partial charge < -0.3 is 9.84 Å². The van der Waals surface area contributed by atoms with Crippen molar-refractivity contribution >= 4 is 0 Å². The molecule has 1 aromatic rings. The normalized spacial score (nSPS) is 24.2. The monoisotopic (exact) mass is 236 g/mol. The molecule has 3 heteroatoms. The van der Waals surface area contributed by atoms with Crippen molar-refractivity contribution in [2.75, 3.05) is 0 Å². The van der Waals surface area contributed by atoms with Crippen LogP contribution in [0.1, 0.15) is 31.2 Å². The Labute approximate surface area is 100 Å². The minimum atomic E-state index is -0.203. The Kier molecular flexibility index (Phi) is 2.79. The molecule has 3 rings (SSSR count). The van der Waals surface area contributed by atoms with E-state index < -0.39 is 0 Å². The maximum atomic E-state index is 13.0. The zero-order valence-corrected chi connectivity index (χ0v) is 9.73. The molecular formula is C14H17FO2. The Balaban J connectivity index is 1.54. The van der Waals surface area contributed by atoms with Crippen LogP contribution in [0.25, 0.3) is 0 Å². The van der Waals surface area contributed by atoms with E-state index in [1.165, 1.54) is 6.07 Å². The number of hydrogen-bond donors (Lipinski definition) is 1. The first-order valence-electron chi connectivity index (χ1n) is 6.35.